The summed E-state index contributed by atoms with van der Waals surface area (Å²) in [6, 6.07) is 9.37. The number of carbonyl (C=O) groups is 1. The molecule has 0 spiro atoms. The Morgan fingerprint density at radius 1 is 1.25 bits per heavy atom. The minimum absolute atomic E-state index is 0.165. The number of benzene rings is 1. The predicted octanol–water partition coefficient (Wildman–Crippen LogP) is 2.11. The predicted molar refractivity (Wildman–Crippen MR) is 65.3 cm³/mol. The maximum absolute atomic E-state index is 10.7. The van der Waals surface area contributed by atoms with Gasteiger partial charge in [0.15, 0.2) is 5.05 Å². The van der Waals surface area contributed by atoms with Crippen LogP contribution in [0.4, 0.5) is 0 Å². The minimum Gasteiger partial charge on any atom is -0.479 e. The van der Waals surface area contributed by atoms with E-state index in [4.69, 9.17) is 21.7 Å². The summed E-state index contributed by atoms with van der Waals surface area (Å²) in [5, 5.41) is 0.398. The first-order chi connectivity index (χ1) is 7.74. The molecule has 3 nitrogen and oxygen atoms in total. The summed E-state index contributed by atoms with van der Waals surface area (Å²) in [7, 11) is 0. The smallest absolute Gasteiger partial charge is 0.330 e. The number of carbonyl (C=O) groups excluding carboxylic acids is 1. The highest BCUT2D eigenvalue weighted by molar-refractivity contribution is 7.80. The molecule has 84 valence electrons. The Balaban J connectivity index is 2.26. The summed E-state index contributed by atoms with van der Waals surface area (Å²) < 4.78 is 9.98. The Bertz CT molecular complexity index is 373. The van der Waals surface area contributed by atoms with Crippen LogP contribution >= 0.6 is 12.2 Å². The average Bonchev–Trinajstić information content (AvgIpc) is 2.35. The molecular weight excluding hydrogens is 224 g/mol. The summed E-state index contributed by atoms with van der Waals surface area (Å²) in [4.78, 5) is 10.7. The van der Waals surface area contributed by atoms with E-state index in [0.29, 0.717) is 5.05 Å². The van der Waals surface area contributed by atoms with Gasteiger partial charge in [0.25, 0.3) is 0 Å². The lowest BCUT2D eigenvalue weighted by molar-refractivity contribution is -0.138. The van der Waals surface area contributed by atoms with Crippen LogP contribution in [0.25, 0.3) is 0 Å². The molecule has 0 unspecified atom stereocenters. The molecule has 0 bridgehead atoms. The summed E-state index contributed by atoms with van der Waals surface area (Å²) >= 11 is 5.05. The lowest BCUT2D eigenvalue weighted by Crippen LogP contribution is -2.12. The van der Waals surface area contributed by atoms with Crippen LogP contribution in [0.2, 0.25) is 0 Å². The lowest BCUT2D eigenvalue weighted by atomic mass is 10.2. The van der Waals surface area contributed by atoms with E-state index in [1.54, 1.807) is 0 Å². The van der Waals surface area contributed by atoms with Crippen LogP contribution in [0, 0.1) is 0 Å². The Morgan fingerprint density at radius 2 is 1.88 bits per heavy atom. The molecule has 0 heterocycles. The number of hydrogen-bond donors (Lipinski definition) is 0. The highest BCUT2D eigenvalue weighted by atomic mass is 32.1. The van der Waals surface area contributed by atoms with Crippen LogP contribution in [0.1, 0.15) is 5.56 Å². The van der Waals surface area contributed by atoms with Gasteiger partial charge in [-0.3, -0.25) is 0 Å². The topological polar surface area (TPSA) is 35.5 Å². The molecule has 16 heavy (non-hydrogen) atoms. The van der Waals surface area contributed by atoms with Crippen molar-refractivity contribution in [1.82, 2.24) is 0 Å². The van der Waals surface area contributed by atoms with Crippen molar-refractivity contribution in [3.63, 3.8) is 0 Å². The molecule has 1 rings (SSSR count). The van der Waals surface area contributed by atoms with Crippen LogP contribution in [-0.2, 0) is 14.3 Å². The maximum Gasteiger partial charge on any atom is 0.330 e. The largest absolute Gasteiger partial charge is 0.479 e. The molecule has 0 radical (unpaired) electrons. The fourth-order valence-corrected chi connectivity index (χ4v) is 1.21. The Morgan fingerprint density at radius 3 is 2.50 bits per heavy atom. The van der Waals surface area contributed by atoms with E-state index in [1.807, 2.05) is 30.3 Å². The van der Waals surface area contributed by atoms with Crippen LogP contribution in [0.15, 0.2) is 43.0 Å². The van der Waals surface area contributed by atoms with Gasteiger partial charge in [0.05, 0.1) is 0 Å². The van der Waals surface area contributed by atoms with Crippen molar-refractivity contribution in [3.05, 3.63) is 48.6 Å². The van der Waals surface area contributed by atoms with Crippen LogP contribution in [0.5, 0.6) is 0 Å². The molecule has 1 aromatic carbocycles. The summed E-state index contributed by atoms with van der Waals surface area (Å²) in [6.07, 6.45) is 1.11. The number of hydrogen-bond acceptors (Lipinski definition) is 4. The molecule has 0 N–H and O–H groups in total. The molecule has 0 aromatic heterocycles. The molecule has 4 heteroatoms. The number of esters is 1. The van der Waals surface area contributed by atoms with E-state index in [1.165, 1.54) is 0 Å². The molecule has 0 aliphatic heterocycles. The minimum atomic E-state index is -0.464. The van der Waals surface area contributed by atoms with Crippen molar-refractivity contribution in [1.29, 1.82) is 0 Å². The summed E-state index contributed by atoms with van der Waals surface area (Å²) in [5.74, 6) is -0.464. The fourth-order valence-electron chi connectivity index (χ4n) is 0.993. The standard InChI is InChI=1S/C12H12O3S/c1-2-11(13)14-8-9-15-12(16)10-6-4-3-5-7-10/h2-7H,1,8-9H2. The van der Waals surface area contributed by atoms with Crippen molar-refractivity contribution in [2.45, 2.75) is 0 Å². The zero-order valence-corrected chi connectivity index (χ0v) is 9.53. The Hall–Kier alpha value is -1.68. The highest BCUT2D eigenvalue weighted by Crippen LogP contribution is 2.02. The van der Waals surface area contributed by atoms with Gasteiger partial charge in [0.1, 0.15) is 13.2 Å². The molecule has 1 aromatic rings. The Kier molecular flexibility index (Phi) is 5.22. The quantitative estimate of drug-likeness (QED) is 0.339. The van der Waals surface area contributed by atoms with Gasteiger partial charge in [-0.05, 0) is 12.2 Å². The highest BCUT2D eigenvalue weighted by Gasteiger charge is 2.01. The number of thiocarbonyl (C=S) groups is 1. The third-order valence-corrected chi connectivity index (χ3v) is 2.09. The molecule has 0 saturated heterocycles. The van der Waals surface area contributed by atoms with Crippen molar-refractivity contribution >= 4 is 23.2 Å². The molecular formula is C12H12O3S. The van der Waals surface area contributed by atoms with Gasteiger partial charge in [0, 0.05) is 11.6 Å². The number of rotatable bonds is 5. The zero-order chi connectivity index (χ0) is 11.8. The normalized spacial score (nSPS) is 9.25. The van der Waals surface area contributed by atoms with Crippen molar-refractivity contribution < 1.29 is 14.3 Å². The first kappa shape index (κ1) is 12.4. The van der Waals surface area contributed by atoms with Gasteiger partial charge in [0.2, 0.25) is 0 Å². The summed E-state index contributed by atoms with van der Waals surface area (Å²) in [6.45, 7) is 3.69. The van der Waals surface area contributed by atoms with E-state index in [0.717, 1.165) is 11.6 Å². The second-order valence-electron chi connectivity index (χ2n) is 2.87. The van der Waals surface area contributed by atoms with E-state index in [-0.39, 0.29) is 13.2 Å². The van der Waals surface area contributed by atoms with E-state index >= 15 is 0 Å². The molecule has 0 amide bonds. The van der Waals surface area contributed by atoms with E-state index < -0.39 is 5.97 Å². The second kappa shape index (κ2) is 6.74. The zero-order valence-electron chi connectivity index (χ0n) is 8.72. The van der Waals surface area contributed by atoms with Gasteiger partial charge in [-0.15, -0.1) is 0 Å². The monoisotopic (exact) mass is 236 g/mol. The number of ether oxygens (including phenoxy) is 2. The maximum atomic E-state index is 10.7. The summed E-state index contributed by atoms with van der Waals surface area (Å²) in [5.41, 5.74) is 0.840. The lowest BCUT2D eigenvalue weighted by Gasteiger charge is -2.07. The Labute approximate surface area is 99.7 Å². The SMILES string of the molecule is C=CC(=O)OCCOC(=S)c1ccccc1. The average molecular weight is 236 g/mol. The fraction of sp³-hybridized carbons (Fsp3) is 0.167. The molecule has 0 fully saturated rings. The third-order valence-electron chi connectivity index (χ3n) is 1.74. The molecule has 0 aliphatic rings. The van der Waals surface area contributed by atoms with Crippen LogP contribution < -0.4 is 0 Å². The van der Waals surface area contributed by atoms with E-state index in [9.17, 15) is 4.79 Å². The van der Waals surface area contributed by atoms with Crippen molar-refractivity contribution in [2.24, 2.45) is 0 Å². The van der Waals surface area contributed by atoms with Crippen LogP contribution in [0.3, 0.4) is 0 Å². The van der Waals surface area contributed by atoms with Gasteiger partial charge >= 0.3 is 5.97 Å². The van der Waals surface area contributed by atoms with E-state index in [2.05, 4.69) is 6.58 Å². The first-order valence-corrected chi connectivity index (χ1v) is 5.16. The third kappa shape index (κ3) is 4.23. The van der Waals surface area contributed by atoms with Gasteiger partial charge in [-0.25, -0.2) is 4.79 Å². The van der Waals surface area contributed by atoms with Crippen molar-refractivity contribution in [2.75, 3.05) is 13.2 Å². The van der Waals surface area contributed by atoms with Gasteiger partial charge in [-0.1, -0.05) is 36.9 Å². The molecule has 0 saturated carbocycles. The van der Waals surface area contributed by atoms with Crippen molar-refractivity contribution in [3.8, 4) is 0 Å². The first-order valence-electron chi connectivity index (χ1n) is 4.75. The molecule has 0 atom stereocenters. The van der Waals surface area contributed by atoms with Gasteiger partial charge in [-0.2, -0.15) is 0 Å². The molecule has 0 aliphatic carbocycles. The van der Waals surface area contributed by atoms with Gasteiger partial charge < -0.3 is 9.47 Å². The second-order valence-corrected chi connectivity index (χ2v) is 3.24. The van der Waals surface area contributed by atoms with Crippen LogP contribution in [-0.4, -0.2) is 24.2 Å².